The molecule has 2 N–H and O–H groups in total. The van der Waals surface area contributed by atoms with Crippen molar-refractivity contribution in [2.24, 2.45) is 5.92 Å². The van der Waals surface area contributed by atoms with Gasteiger partial charge in [-0.1, -0.05) is 32.0 Å². The Balaban J connectivity index is 2.16. The van der Waals surface area contributed by atoms with Crippen molar-refractivity contribution in [2.75, 3.05) is 0 Å². The molecule has 1 aromatic carbocycles. The number of Topliss-reactive ketones (excluding diaryl/α,β-unsaturated/α-hetero) is 1. The number of hydrogen-bond acceptors (Lipinski definition) is 2. The van der Waals surface area contributed by atoms with Crippen molar-refractivity contribution in [3.8, 4) is 0 Å². The molecule has 0 saturated heterocycles. The predicted octanol–water partition coefficient (Wildman–Crippen LogP) is 2.69. The fourth-order valence-electron chi connectivity index (χ4n) is 2.14. The minimum atomic E-state index is -0.904. The van der Waals surface area contributed by atoms with Gasteiger partial charge >= 0.3 is 0 Å². The number of nitrogens with one attached hydrogen (secondary N) is 1. The third-order valence-electron chi connectivity index (χ3n) is 3.51. The summed E-state index contributed by atoms with van der Waals surface area (Å²) in [6, 6.07) is 7.91. The Bertz CT molecular complexity index is 544. The molecule has 3 heteroatoms. The Morgan fingerprint density at radius 3 is 2.83 bits per heavy atom. The average molecular weight is 245 g/mol. The van der Waals surface area contributed by atoms with Crippen LogP contribution in [0.25, 0.3) is 10.9 Å². The molecule has 0 fully saturated rings. The number of aliphatic hydroxyl groups excluding tert-OH is 1. The molecule has 1 heterocycles. The summed E-state index contributed by atoms with van der Waals surface area (Å²) in [7, 11) is 0. The van der Waals surface area contributed by atoms with Gasteiger partial charge in [0, 0.05) is 29.4 Å². The van der Waals surface area contributed by atoms with Gasteiger partial charge in [-0.25, -0.2) is 0 Å². The Morgan fingerprint density at radius 2 is 2.11 bits per heavy atom. The maximum absolute atomic E-state index is 11.9. The van der Waals surface area contributed by atoms with Crippen molar-refractivity contribution in [3.63, 3.8) is 0 Å². The van der Waals surface area contributed by atoms with Crippen LogP contribution in [0.4, 0.5) is 0 Å². The van der Waals surface area contributed by atoms with Crippen LogP contribution in [0, 0.1) is 5.92 Å². The third-order valence-corrected chi connectivity index (χ3v) is 3.51. The maximum atomic E-state index is 11.9. The zero-order chi connectivity index (χ0) is 13.1. The third kappa shape index (κ3) is 2.46. The highest BCUT2D eigenvalue weighted by Gasteiger charge is 2.21. The molecule has 2 atom stereocenters. The number of carbonyl (C=O) groups excluding carboxylic acids is 1. The standard InChI is InChI=1S/C15H19NO2/c1-3-10(2)15(18)14(17)8-11-9-16-13-7-5-4-6-12(11)13/h4-7,9-10,14,16-17H,3,8H2,1-2H3. The molecular formula is C15H19NO2. The summed E-state index contributed by atoms with van der Waals surface area (Å²) in [5.74, 6) is -0.145. The van der Waals surface area contributed by atoms with E-state index in [0.29, 0.717) is 6.42 Å². The molecule has 0 saturated carbocycles. The number of para-hydroxylation sites is 1. The lowest BCUT2D eigenvalue weighted by Crippen LogP contribution is -2.28. The molecule has 0 aliphatic carbocycles. The first-order chi connectivity index (χ1) is 8.63. The van der Waals surface area contributed by atoms with Crippen molar-refractivity contribution in [1.29, 1.82) is 0 Å². The van der Waals surface area contributed by atoms with Gasteiger partial charge in [0.1, 0.15) is 6.10 Å². The van der Waals surface area contributed by atoms with Crippen LogP contribution in [0.5, 0.6) is 0 Å². The van der Waals surface area contributed by atoms with Gasteiger partial charge in [0.2, 0.25) is 0 Å². The largest absolute Gasteiger partial charge is 0.385 e. The molecule has 2 aromatic rings. The summed E-state index contributed by atoms with van der Waals surface area (Å²) >= 11 is 0. The summed E-state index contributed by atoms with van der Waals surface area (Å²) in [4.78, 5) is 15.0. The minimum Gasteiger partial charge on any atom is -0.385 e. The lowest BCUT2D eigenvalue weighted by atomic mass is 9.95. The van der Waals surface area contributed by atoms with E-state index < -0.39 is 6.10 Å². The molecule has 0 amide bonds. The van der Waals surface area contributed by atoms with Crippen LogP contribution in [0.15, 0.2) is 30.5 Å². The normalized spacial score (nSPS) is 14.6. The van der Waals surface area contributed by atoms with E-state index in [1.807, 2.05) is 44.3 Å². The Labute approximate surface area is 107 Å². The summed E-state index contributed by atoms with van der Waals surface area (Å²) in [6.45, 7) is 3.82. The second-order valence-electron chi connectivity index (χ2n) is 4.79. The highest BCUT2D eigenvalue weighted by Crippen LogP contribution is 2.20. The van der Waals surface area contributed by atoms with Gasteiger partial charge < -0.3 is 10.1 Å². The number of fused-ring (bicyclic) bond motifs is 1. The Hall–Kier alpha value is -1.61. The summed E-state index contributed by atoms with van der Waals surface area (Å²) in [5.41, 5.74) is 2.03. The summed E-state index contributed by atoms with van der Waals surface area (Å²) < 4.78 is 0. The molecule has 0 aliphatic heterocycles. The van der Waals surface area contributed by atoms with E-state index >= 15 is 0 Å². The van der Waals surface area contributed by atoms with Crippen LogP contribution in [-0.4, -0.2) is 22.0 Å². The van der Waals surface area contributed by atoms with Gasteiger partial charge in [-0.3, -0.25) is 4.79 Å². The van der Waals surface area contributed by atoms with E-state index in [9.17, 15) is 9.90 Å². The second kappa shape index (κ2) is 5.36. The smallest absolute Gasteiger partial charge is 0.164 e. The number of hydrogen-bond donors (Lipinski definition) is 2. The zero-order valence-corrected chi connectivity index (χ0v) is 10.8. The molecule has 2 rings (SSSR count). The van der Waals surface area contributed by atoms with E-state index in [0.717, 1.165) is 22.9 Å². The molecule has 18 heavy (non-hydrogen) atoms. The predicted molar refractivity (Wildman–Crippen MR) is 72.5 cm³/mol. The fraction of sp³-hybridized carbons (Fsp3) is 0.400. The number of aliphatic hydroxyl groups is 1. The number of carbonyl (C=O) groups is 1. The second-order valence-corrected chi connectivity index (χ2v) is 4.79. The molecule has 96 valence electrons. The van der Waals surface area contributed by atoms with Gasteiger partial charge in [-0.2, -0.15) is 0 Å². The molecule has 0 aliphatic rings. The van der Waals surface area contributed by atoms with Crippen molar-refractivity contribution < 1.29 is 9.90 Å². The van der Waals surface area contributed by atoms with Gasteiger partial charge in [-0.15, -0.1) is 0 Å². The van der Waals surface area contributed by atoms with Crippen molar-refractivity contribution in [2.45, 2.75) is 32.8 Å². The lowest BCUT2D eigenvalue weighted by Gasteiger charge is -2.13. The number of H-pyrrole nitrogens is 1. The molecule has 0 radical (unpaired) electrons. The molecular weight excluding hydrogens is 226 g/mol. The highest BCUT2D eigenvalue weighted by atomic mass is 16.3. The van der Waals surface area contributed by atoms with Gasteiger partial charge in [0.05, 0.1) is 0 Å². The topological polar surface area (TPSA) is 53.1 Å². The molecule has 1 aromatic heterocycles. The highest BCUT2D eigenvalue weighted by molar-refractivity contribution is 5.87. The minimum absolute atomic E-state index is 0.0669. The van der Waals surface area contributed by atoms with Gasteiger partial charge in [-0.05, 0) is 18.1 Å². The van der Waals surface area contributed by atoms with Gasteiger partial charge in [0.25, 0.3) is 0 Å². The van der Waals surface area contributed by atoms with E-state index in [4.69, 9.17) is 0 Å². The Kier molecular flexibility index (Phi) is 3.82. The van der Waals surface area contributed by atoms with E-state index in [2.05, 4.69) is 4.98 Å². The van der Waals surface area contributed by atoms with Gasteiger partial charge in [0.15, 0.2) is 5.78 Å². The van der Waals surface area contributed by atoms with Crippen LogP contribution in [-0.2, 0) is 11.2 Å². The summed E-state index contributed by atoms with van der Waals surface area (Å²) in [6.07, 6.45) is 2.12. The van der Waals surface area contributed by atoms with Crippen LogP contribution in [0.3, 0.4) is 0 Å². The quantitative estimate of drug-likeness (QED) is 0.851. The van der Waals surface area contributed by atoms with Crippen molar-refractivity contribution >= 4 is 16.7 Å². The van der Waals surface area contributed by atoms with Crippen molar-refractivity contribution in [3.05, 3.63) is 36.0 Å². The number of rotatable bonds is 5. The maximum Gasteiger partial charge on any atom is 0.164 e. The molecule has 3 nitrogen and oxygen atoms in total. The first kappa shape index (κ1) is 12.8. The number of aromatic amines is 1. The van der Waals surface area contributed by atoms with Crippen LogP contribution < -0.4 is 0 Å². The first-order valence-corrected chi connectivity index (χ1v) is 6.40. The monoisotopic (exact) mass is 245 g/mol. The Morgan fingerprint density at radius 1 is 1.39 bits per heavy atom. The van der Waals surface area contributed by atoms with Crippen LogP contribution >= 0.6 is 0 Å². The van der Waals surface area contributed by atoms with Crippen LogP contribution in [0.2, 0.25) is 0 Å². The molecule has 0 spiro atoms. The first-order valence-electron chi connectivity index (χ1n) is 6.40. The average Bonchev–Trinajstić information content (AvgIpc) is 2.80. The molecule has 2 unspecified atom stereocenters. The van der Waals surface area contributed by atoms with Crippen molar-refractivity contribution in [1.82, 2.24) is 4.98 Å². The fourth-order valence-corrected chi connectivity index (χ4v) is 2.14. The van der Waals surface area contributed by atoms with E-state index in [1.165, 1.54) is 0 Å². The summed E-state index contributed by atoms with van der Waals surface area (Å²) in [5, 5.41) is 11.1. The molecule has 0 bridgehead atoms. The zero-order valence-electron chi connectivity index (χ0n) is 10.8. The number of benzene rings is 1. The van der Waals surface area contributed by atoms with Crippen LogP contribution in [0.1, 0.15) is 25.8 Å². The number of aromatic nitrogens is 1. The number of ketones is 1. The SMILES string of the molecule is CCC(C)C(=O)C(O)Cc1c[nH]c2ccccc12. The lowest BCUT2D eigenvalue weighted by molar-refractivity contribution is -0.130. The van der Waals surface area contributed by atoms with E-state index in [-0.39, 0.29) is 11.7 Å². The van der Waals surface area contributed by atoms with E-state index in [1.54, 1.807) is 0 Å².